The number of carboxylic acid groups (broad SMARTS) is 1. The summed E-state index contributed by atoms with van der Waals surface area (Å²) >= 11 is 5.73. The summed E-state index contributed by atoms with van der Waals surface area (Å²) in [6.45, 7) is 3.66. The first-order valence-corrected chi connectivity index (χ1v) is 10.1. The van der Waals surface area contributed by atoms with Crippen LogP contribution < -0.4 is 0 Å². The van der Waals surface area contributed by atoms with Crippen LogP contribution in [-0.4, -0.2) is 39.6 Å². The van der Waals surface area contributed by atoms with Gasteiger partial charge in [-0.05, 0) is 38.8 Å². The first-order valence-electron chi connectivity index (χ1n) is 8.27. The zero-order valence-electron chi connectivity index (χ0n) is 15.0. The van der Waals surface area contributed by atoms with E-state index < -0.39 is 32.3 Å². The van der Waals surface area contributed by atoms with Crippen LogP contribution in [0.1, 0.15) is 40.2 Å². The van der Waals surface area contributed by atoms with Gasteiger partial charge in [0.15, 0.2) is 0 Å². The average molecular weight is 416 g/mol. The summed E-state index contributed by atoms with van der Waals surface area (Å²) in [4.78, 5) is 10.6. The Balaban J connectivity index is 2.08. The van der Waals surface area contributed by atoms with Crippen LogP contribution in [0.4, 0.5) is 4.39 Å². The van der Waals surface area contributed by atoms with Gasteiger partial charge in [-0.15, -0.1) is 0 Å². The number of carboxylic acids is 1. The number of aromatic carboxylic acids is 1. The molecular weight excluding hydrogens is 397 g/mol. The van der Waals surface area contributed by atoms with Crippen molar-refractivity contribution in [2.45, 2.75) is 44.2 Å². The van der Waals surface area contributed by atoms with Crippen molar-refractivity contribution in [3.63, 3.8) is 0 Å². The predicted molar refractivity (Wildman–Crippen MR) is 96.8 cm³/mol. The van der Waals surface area contributed by atoms with Gasteiger partial charge in [0, 0.05) is 30.9 Å². The molecule has 0 bridgehead atoms. The number of carbonyl (C=O) groups is 1. The van der Waals surface area contributed by atoms with Gasteiger partial charge >= 0.3 is 5.97 Å². The van der Waals surface area contributed by atoms with Crippen LogP contribution in [0, 0.1) is 19.7 Å². The van der Waals surface area contributed by atoms with Crippen molar-refractivity contribution in [1.29, 1.82) is 0 Å². The van der Waals surface area contributed by atoms with Gasteiger partial charge in [0.05, 0.1) is 16.3 Å². The largest absolute Gasteiger partial charge is 0.478 e. The number of aryl methyl sites for hydroxylation is 2. The monoisotopic (exact) mass is 415 g/mol. The third-order valence-electron chi connectivity index (χ3n) is 4.77. The molecule has 0 spiro atoms. The van der Waals surface area contributed by atoms with E-state index in [4.69, 9.17) is 11.6 Å². The van der Waals surface area contributed by atoms with Crippen molar-refractivity contribution < 1.29 is 22.7 Å². The Labute approximate surface area is 161 Å². The van der Waals surface area contributed by atoms with Crippen molar-refractivity contribution in [2.24, 2.45) is 7.05 Å². The van der Waals surface area contributed by atoms with Crippen LogP contribution in [0.2, 0.25) is 5.02 Å². The number of halogens is 2. The lowest BCUT2D eigenvalue weighted by atomic mass is 10.2. The van der Waals surface area contributed by atoms with Gasteiger partial charge in [-0.25, -0.2) is 17.6 Å². The minimum absolute atomic E-state index is 0.0446. The van der Waals surface area contributed by atoms with Crippen molar-refractivity contribution in [2.75, 3.05) is 0 Å². The molecule has 0 aliphatic heterocycles. The van der Waals surface area contributed by atoms with E-state index in [9.17, 15) is 22.7 Å². The number of rotatable bonds is 6. The molecule has 1 aromatic carbocycles. The second kappa shape index (κ2) is 6.88. The van der Waals surface area contributed by atoms with E-state index in [-0.39, 0.29) is 17.6 Å². The van der Waals surface area contributed by atoms with E-state index in [1.54, 1.807) is 18.7 Å². The normalized spacial score (nSPS) is 14.7. The zero-order chi connectivity index (χ0) is 20.1. The van der Waals surface area contributed by atoms with Gasteiger partial charge in [-0.2, -0.15) is 9.40 Å². The summed E-state index contributed by atoms with van der Waals surface area (Å²) in [6, 6.07) is 1.26. The van der Waals surface area contributed by atoms with Crippen LogP contribution in [0.3, 0.4) is 0 Å². The number of nitrogens with zero attached hydrogens (tertiary/aromatic N) is 3. The Morgan fingerprint density at radius 1 is 1.41 bits per heavy atom. The van der Waals surface area contributed by atoms with E-state index in [1.165, 1.54) is 4.31 Å². The molecule has 1 saturated carbocycles. The van der Waals surface area contributed by atoms with Gasteiger partial charge in [0.1, 0.15) is 10.7 Å². The van der Waals surface area contributed by atoms with Crippen molar-refractivity contribution in [3.8, 4) is 0 Å². The first-order chi connectivity index (χ1) is 12.5. The van der Waals surface area contributed by atoms with E-state index in [1.807, 2.05) is 6.92 Å². The SMILES string of the molecule is Cc1nn(C)c(C)c1CN(C1CC1)S(=O)(=O)c1cc(C(=O)O)c(Cl)cc1F. The number of hydrogen-bond acceptors (Lipinski definition) is 4. The lowest BCUT2D eigenvalue weighted by molar-refractivity contribution is 0.0696. The molecule has 2 aromatic rings. The van der Waals surface area contributed by atoms with Gasteiger partial charge < -0.3 is 5.11 Å². The van der Waals surface area contributed by atoms with Gasteiger partial charge in [-0.1, -0.05) is 11.6 Å². The number of sulfonamides is 1. The molecule has 7 nitrogen and oxygen atoms in total. The van der Waals surface area contributed by atoms with Gasteiger partial charge in [0.2, 0.25) is 10.0 Å². The van der Waals surface area contributed by atoms with E-state index >= 15 is 0 Å². The van der Waals surface area contributed by atoms with E-state index in [2.05, 4.69) is 5.10 Å². The topological polar surface area (TPSA) is 92.5 Å². The quantitative estimate of drug-likeness (QED) is 0.783. The first kappa shape index (κ1) is 19.8. The molecule has 3 rings (SSSR count). The molecule has 27 heavy (non-hydrogen) atoms. The van der Waals surface area contributed by atoms with Gasteiger partial charge in [-0.3, -0.25) is 4.68 Å². The fraction of sp³-hybridized carbons (Fsp3) is 0.412. The maximum Gasteiger partial charge on any atom is 0.337 e. The maximum atomic E-state index is 14.4. The third-order valence-corrected chi connectivity index (χ3v) is 6.99. The van der Waals surface area contributed by atoms with E-state index in [0.29, 0.717) is 18.5 Å². The fourth-order valence-corrected chi connectivity index (χ4v) is 4.95. The number of hydrogen-bond donors (Lipinski definition) is 1. The highest BCUT2D eigenvalue weighted by Gasteiger charge is 2.40. The summed E-state index contributed by atoms with van der Waals surface area (Å²) in [5.41, 5.74) is 1.80. The molecule has 1 aliphatic rings. The molecular formula is C17H19ClFN3O4S. The Bertz CT molecular complexity index is 1030. The van der Waals surface area contributed by atoms with Crippen LogP contribution in [0.25, 0.3) is 0 Å². The van der Waals surface area contributed by atoms with Crippen LogP contribution in [-0.2, 0) is 23.6 Å². The summed E-state index contributed by atoms with van der Waals surface area (Å²) in [7, 11) is -2.50. The maximum absolute atomic E-state index is 14.4. The Hall–Kier alpha value is -1.97. The minimum atomic E-state index is -4.26. The molecule has 10 heteroatoms. The standard InChI is InChI=1S/C17H19ClFN3O4S/c1-9-13(10(2)21(3)20-9)8-22(11-4-5-11)27(25,26)16-6-12(17(23)24)14(18)7-15(16)19/h6-7,11H,4-5,8H2,1-3H3,(H,23,24). The number of benzene rings is 1. The molecule has 1 N–H and O–H groups in total. The molecule has 0 amide bonds. The molecule has 0 saturated heterocycles. The summed E-state index contributed by atoms with van der Waals surface area (Å²) < 4.78 is 43.7. The van der Waals surface area contributed by atoms with Crippen molar-refractivity contribution in [1.82, 2.24) is 14.1 Å². The fourth-order valence-electron chi connectivity index (χ4n) is 2.99. The Kier molecular flexibility index (Phi) is 5.04. The van der Waals surface area contributed by atoms with Crippen molar-refractivity contribution in [3.05, 3.63) is 45.5 Å². The molecule has 0 atom stereocenters. The van der Waals surface area contributed by atoms with Crippen LogP contribution >= 0.6 is 11.6 Å². The summed E-state index contributed by atoms with van der Waals surface area (Å²) in [5, 5.41) is 13.1. The second-order valence-electron chi connectivity index (χ2n) is 6.62. The minimum Gasteiger partial charge on any atom is -0.478 e. The average Bonchev–Trinajstić information content (AvgIpc) is 3.34. The Morgan fingerprint density at radius 3 is 2.52 bits per heavy atom. The molecule has 0 radical (unpaired) electrons. The zero-order valence-corrected chi connectivity index (χ0v) is 16.6. The molecule has 1 aromatic heterocycles. The third kappa shape index (κ3) is 3.59. The highest BCUT2D eigenvalue weighted by molar-refractivity contribution is 7.89. The molecule has 0 unspecified atom stereocenters. The molecule has 1 fully saturated rings. The highest BCUT2D eigenvalue weighted by Crippen LogP contribution is 2.36. The lowest BCUT2D eigenvalue weighted by Crippen LogP contribution is -2.33. The highest BCUT2D eigenvalue weighted by atomic mass is 35.5. The molecule has 1 aliphatic carbocycles. The molecule has 146 valence electrons. The molecule has 1 heterocycles. The van der Waals surface area contributed by atoms with Crippen LogP contribution in [0.15, 0.2) is 17.0 Å². The van der Waals surface area contributed by atoms with Gasteiger partial charge in [0.25, 0.3) is 0 Å². The summed E-state index contributed by atoms with van der Waals surface area (Å²) in [5.74, 6) is -2.50. The smallest absolute Gasteiger partial charge is 0.337 e. The van der Waals surface area contributed by atoms with E-state index in [0.717, 1.165) is 23.4 Å². The number of aromatic nitrogens is 2. The van der Waals surface area contributed by atoms with Crippen molar-refractivity contribution >= 4 is 27.6 Å². The second-order valence-corrected chi connectivity index (χ2v) is 8.89. The predicted octanol–water partition coefficient (Wildman–Crippen LogP) is 2.88. The Morgan fingerprint density at radius 2 is 2.04 bits per heavy atom. The lowest BCUT2D eigenvalue weighted by Gasteiger charge is -2.23. The summed E-state index contributed by atoms with van der Waals surface area (Å²) in [6.07, 6.45) is 1.33. The van der Waals surface area contributed by atoms with Crippen LogP contribution in [0.5, 0.6) is 0 Å².